The van der Waals surface area contributed by atoms with Gasteiger partial charge in [0.1, 0.15) is 0 Å². The number of hydrogen-bond acceptors (Lipinski definition) is 2. The van der Waals surface area contributed by atoms with Crippen molar-refractivity contribution in [3.63, 3.8) is 0 Å². The van der Waals surface area contributed by atoms with Crippen LogP contribution < -0.4 is 5.32 Å². The highest BCUT2D eigenvalue weighted by atomic mass is 16.2. The van der Waals surface area contributed by atoms with E-state index in [2.05, 4.69) is 38.0 Å². The Kier molecular flexibility index (Phi) is 7.21. The molecule has 0 spiro atoms. The molecule has 1 saturated heterocycles. The summed E-state index contributed by atoms with van der Waals surface area (Å²) >= 11 is 0. The van der Waals surface area contributed by atoms with Gasteiger partial charge in [0.2, 0.25) is 0 Å². The third kappa shape index (κ3) is 6.28. The highest BCUT2D eigenvalue weighted by Gasteiger charge is 2.20. The van der Waals surface area contributed by atoms with Crippen LogP contribution in [-0.4, -0.2) is 55.1 Å². The number of piperidine rings is 1. The summed E-state index contributed by atoms with van der Waals surface area (Å²) in [5.74, 6) is 0.652. The van der Waals surface area contributed by atoms with Crippen molar-refractivity contribution in [3.05, 3.63) is 0 Å². The molecular weight excluding hydrogens is 238 g/mol. The normalized spacial score (nSPS) is 20.1. The molecule has 0 aromatic heterocycles. The van der Waals surface area contributed by atoms with Gasteiger partial charge in [-0.1, -0.05) is 6.92 Å². The molecule has 2 amide bonds. The molecule has 0 aromatic carbocycles. The van der Waals surface area contributed by atoms with E-state index < -0.39 is 0 Å². The third-order valence-corrected chi connectivity index (χ3v) is 4.04. The molecule has 1 N–H and O–H groups in total. The summed E-state index contributed by atoms with van der Waals surface area (Å²) < 4.78 is 0. The molecule has 1 heterocycles. The predicted molar refractivity (Wildman–Crippen MR) is 80.4 cm³/mol. The van der Waals surface area contributed by atoms with E-state index in [0.717, 1.165) is 45.4 Å². The first-order valence-corrected chi connectivity index (χ1v) is 7.73. The molecule has 0 aromatic rings. The largest absolute Gasteiger partial charge is 0.338 e. The van der Waals surface area contributed by atoms with Gasteiger partial charge >= 0.3 is 6.03 Å². The van der Waals surface area contributed by atoms with E-state index in [-0.39, 0.29) is 6.03 Å². The van der Waals surface area contributed by atoms with E-state index in [4.69, 9.17) is 0 Å². The van der Waals surface area contributed by atoms with E-state index in [1.165, 1.54) is 6.42 Å². The Balaban J connectivity index is 2.07. The van der Waals surface area contributed by atoms with Crippen LogP contribution >= 0.6 is 0 Å². The molecule has 1 aliphatic heterocycles. The fourth-order valence-electron chi connectivity index (χ4n) is 2.43. The third-order valence-electron chi connectivity index (χ3n) is 4.04. The van der Waals surface area contributed by atoms with E-state index in [0.29, 0.717) is 12.0 Å². The molecule has 0 bridgehead atoms. The van der Waals surface area contributed by atoms with Crippen molar-refractivity contribution < 1.29 is 4.79 Å². The fourth-order valence-corrected chi connectivity index (χ4v) is 2.43. The Hall–Kier alpha value is -0.770. The maximum absolute atomic E-state index is 12.0. The van der Waals surface area contributed by atoms with Crippen molar-refractivity contribution in [2.45, 2.75) is 52.5 Å². The first kappa shape index (κ1) is 16.3. The van der Waals surface area contributed by atoms with Crippen molar-refractivity contribution in [1.82, 2.24) is 15.1 Å². The Bertz CT molecular complexity index is 268. The van der Waals surface area contributed by atoms with E-state index in [1.807, 2.05) is 4.90 Å². The van der Waals surface area contributed by atoms with E-state index in [9.17, 15) is 4.79 Å². The number of hydrogen-bond donors (Lipinski definition) is 1. The van der Waals surface area contributed by atoms with Crippen molar-refractivity contribution in [3.8, 4) is 0 Å². The number of rotatable bonds is 6. The second-order valence-corrected chi connectivity index (χ2v) is 6.21. The maximum Gasteiger partial charge on any atom is 0.317 e. The lowest BCUT2D eigenvalue weighted by Crippen LogP contribution is -2.45. The van der Waals surface area contributed by atoms with E-state index >= 15 is 0 Å². The van der Waals surface area contributed by atoms with Gasteiger partial charge in [-0.15, -0.1) is 0 Å². The smallest absolute Gasteiger partial charge is 0.317 e. The monoisotopic (exact) mass is 269 g/mol. The number of likely N-dealkylation sites (tertiary alicyclic amines) is 1. The van der Waals surface area contributed by atoms with Gasteiger partial charge in [-0.25, -0.2) is 4.79 Å². The molecule has 1 unspecified atom stereocenters. The van der Waals surface area contributed by atoms with Crippen LogP contribution in [0.25, 0.3) is 0 Å². The van der Waals surface area contributed by atoms with Gasteiger partial charge in [-0.3, -0.25) is 0 Å². The zero-order chi connectivity index (χ0) is 14.3. The molecule has 19 heavy (non-hydrogen) atoms. The summed E-state index contributed by atoms with van der Waals surface area (Å²) in [6.07, 6.45) is 4.61. The summed E-state index contributed by atoms with van der Waals surface area (Å²) in [6, 6.07) is 0.730. The molecule has 4 nitrogen and oxygen atoms in total. The highest BCUT2D eigenvalue weighted by molar-refractivity contribution is 5.74. The quantitative estimate of drug-likeness (QED) is 0.752. The summed E-state index contributed by atoms with van der Waals surface area (Å²) in [4.78, 5) is 16.3. The summed E-state index contributed by atoms with van der Waals surface area (Å²) in [5.41, 5.74) is 0. The molecular formula is C15H31N3O. The van der Waals surface area contributed by atoms with Gasteiger partial charge in [0.05, 0.1) is 0 Å². The summed E-state index contributed by atoms with van der Waals surface area (Å²) in [5, 5.41) is 3.04. The van der Waals surface area contributed by atoms with Gasteiger partial charge in [-0.2, -0.15) is 0 Å². The lowest BCUT2D eigenvalue weighted by Gasteiger charge is -2.31. The Morgan fingerprint density at radius 1 is 1.42 bits per heavy atom. The summed E-state index contributed by atoms with van der Waals surface area (Å²) in [6.45, 7) is 10.4. The minimum Gasteiger partial charge on any atom is -0.338 e. The standard InChI is InChI=1S/C15H31N3O/c1-13(2)17(4)10-6-5-9-16-15(19)18-11-7-8-14(3)12-18/h13-14H,5-12H2,1-4H3,(H,16,19). The van der Waals surface area contributed by atoms with Crippen molar-refractivity contribution in [1.29, 1.82) is 0 Å². The number of carbonyl (C=O) groups excluding carboxylic acids is 1. The lowest BCUT2D eigenvalue weighted by atomic mass is 10.0. The topological polar surface area (TPSA) is 35.6 Å². The van der Waals surface area contributed by atoms with Crippen molar-refractivity contribution in [2.24, 2.45) is 5.92 Å². The van der Waals surface area contributed by atoms with Gasteiger partial charge in [-0.05, 0) is 59.0 Å². The molecule has 1 fully saturated rings. The Morgan fingerprint density at radius 3 is 2.79 bits per heavy atom. The van der Waals surface area contributed by atoms with Crippen LogP contribution in [0.2, 0.25) is 0 Å². The SMILES string of the molecule is CC1CCCN(C(=O)NCCCCN(C)C(C)C)C1. The average molecular weight is 269 g/mol. The number of unbranched alkanes of at least 4 members (excludes halogenated alkanes) is 1. The van der Waals surface area contributed by atoms with Crippen LogP contribution in [-0.2, 0) is 0 Å². The van der Waals surface area contributed by atoms with Crippen molar-refractivity contribution in [2.75, 3.05) is 33.2 Å². The number of nitrogens with zero attached hydrogens (tertiary/aromatic N) is 2. The zero-order valence-electron chi connectivity index (χ0n) is 13.1. The van der Waals surface area contributed by atoms with E-state index in [1.54, 1.807) is 0 Å². The van der Waals surface area contributed by atoms with Crippen LogP contribution in [0.5, 0.6) is 0 Å². The predicted octanol–water partition coefficient (Wildman–Crippen LogP) is 2.55. The minimum atomic E-state index is 0.128. The molecule has 0 saturated carbocycles. The Morgan fingerprint density at radius 2 is 2.16 bits per heavy atom. The highest BCUT2D eigenvalue weighted by Crippen LogP contribution is 2.15. The average Bonchev–Trinajstić information content (AvgIpc) is 2.37. The van der Waals surface area contributed by atoms with Gasteiger partial charge in [0.15, 0.2) is 0 Å². The first-order chi connectivity index (χ1) is 9.00. The molecule has 1 aliphatic rings. The molecule has 0 radical (unpaired) electrons. The number of urea groups is 1. The fraction of sp³-hybridized carbons (Fsp3) is 0.933. The molecule has 1 atom stereocenters. The number of carbonyl (C=O) groups is 1. The molecule has 1 rings (SSSR count). The number of amides is 2. The van der Waals surface area contributed by atoms with Gasteiger partial charge in [0, 0.05) is 25.7 Å². The summed E-state index contributed by atoms with van der Waals surface area (Å²) in [7, 11) is 2.15. The maximum atomic E-state index is 12.0. The zero-order valence-corrected chi connectivity index (χ0v) is 13.1. The molecule has 0 aliphatic carbocycles. The second-order valence-electron chi connectivity index (χ2n) is 6.21. The van der Waals surface area contributed by atoms with Crippen LogP contribution in [0.4, 0.5) is 4.79 Å². The number of nitrogens with one attached hydrogen (secondary N) is 1. The lowest BCUT2D eigenvalue weighted by molar-refractivity contribution is 0.169. The van der Waals surface area contributed by atoms with Crippen molar-refractivity contribution >= 4 is 6.03 Å². The van der Waals surface area contributed by atoms with Crippen LogP contribution in [0.15, 0.2) is 0 Å². The van der Waals surface area contributed by atoms with Gasteiger partial charge in [0.25, 0.3) is 0 Å². The van der Waals surface area contributed by atoms with Crippen LogP contribution in [0, 0.1) is 5.92 Å². The van der Waals surface area contributed by atoms with Crippen LogP contribution in [0.3, 0.4) is 0 Å². The molecule has 4 heteroatoms. The first-order valence-electron chi connectivity index (χ1n) is 7.73. The van der Waals surface area contributed by atoms with Crippen LogP contribution in [0.1, 0.15) is 46.5 Å². The van der Waals surface area contributed by atoms with Gasteiger partial charge < -0.3 is 15.1 Å². The Labute approximate surface area is 118 Å². The molecule has 112 valence electrons. The minimum absolute atomic E-state index is 0.128. The second kappa shape index (κ2) is 8.41.